The largest absolute Gasteiger partial charge is 0.470 e. The van der Waals surface area contributed by atoms with Crippen LogP contribution >= 0.6 is 0 Å². The van der Waals surface area contributed by atoms with E-state index in [1.54, 1.807) is 0 Å². The Bertz CT molecular complexity index is 522. The number of hydrogen-bond donors (Lipinski definition) is 2. The molecule has 0 fully saturated rings. The number of hydrogen-bond acceptors (Lipinski definition) is 4. The van der Waals surface area contributed by atoms with E-state index in [0.717, 1.165) is 23.6 Å². The van der Waals surface area contributed by atoms with E-state index in [4.69, 9.17) is 4.74 Å². The topological polar surface area (TPSA) is 62.8 Å². The van der Waals surface area contributed by atoms with E-state index in [0.29, 0.717) is 18.5 Å². The molecule has 0 spiro atoms. The van der Waals surface area contributed by atoms with E-state index in [9.17, 15) is 0 Å². The van der Waals surface area contributed by atoms with Crippen LogP contribution < -0.4 is 10.1 Å². The molecule has 0 aliphatic heterocycles. The summed E-state index contributed by atoms with van der Waals surface area (Å²) in [5, 5.41) is 10.2. The molecule has 0 saturated heterocycles. The van der Waals surface area contributed by atoms with Gasteiger partial charge in [0.25, 0.3) is 0 Å². The van der Waals surface area contributed by atoms with Gasteiger partial charge in [0.05, 0.1) is 11.4 Å². The van der Waals surface area contributed by atoms with Gasteiger partial charge in [-0.3, -0.25) is 10.1 Å². The highest BCUT2D eigenvalue weighted by atomic mass is 16.5. The number of nitrogens with one attached hydrogen (secondary N) is 2. The maximum Gasteiger partial charge on any atom is 0.233 e. The number of nitrogens with zero attached hydrogens (tertiary/aromatic N) is 2. The van der Waals surface area contributed by atoms with E-state index in [2.05, 4.69) is 34.3 Å². The van der Waals surface area contributed by atoms with E-state index in [1.165, 1.54) is 0 Å². The lowest BCUT2D eigenvalue weighted by atomic mass is 10.3. The Morgan fingerprint density at radius 3 is 2.79 bits per heavy atom. The van der Waals surface area contributed by atoms with Crippen molar-refractivity contribution in [2.75, 3.05) is 0 Å². The van der Waals surface area contributed by atoms with Gasteiger partial charge in [-0.15, -0.1) is 5.10 Å². The fourth-order valence-electron chi connectivity index (χ4n) is 1.63. The minimum atomic E-state index is 0.430. The standard InChI is InChI=1S/C14H20N4O/c1-10(2)15-8-12-5-4-6-13(16-12)9-19-14-7-11(3)17-18-14/h4-7,10,15H,8-9H2,1-3H3,(H,17,18). The lowest BCUT2D eigenvalue weighted by Crippen LogP contribution is -2.22. The number of ether oxygens (including phenoxy) is 1. The van der Waals surface area contributed by atoms with E-state index >= 15 is 0 Å². The molecule has 2 rings (SSSR count). The lowest BCUT2D eigenvalue weighted by Gasteiger charge is -2.08. The molecule has 0 bridgehead atoms. The maximum atomic E-state index is 5.57. The van der Waals surface area contributed by atoms with Crippen LogP contribution in [0.15, 0.2) is 24.3 Å². The molecule has 0 aliphatic rings. The van der Waals surface area contributed by atoms with Gasteiger partial charge in [-0.05, 0) is 19.1 Å². The predicted octanol–water partition coefficient (Wildman–Crippen LogP) is 2.19. The van der Waals surface area contributed by atoms with Crippen molar-refractivity contribution in [1.29, 1.82) is 0 Å². The Labute approximate surface area is 113 Å². The molecule has 2 heterocycles. The minimum Gasteiger partial charge on any atom is -0.470 e. The SMILES string of the molecule is Cc1cc(OCc2cccc(CNC(C)C)n2)n[nH]1. The summed E-state index contributed by atoms with van der Waals surface area (Å²) in [7, 11) is 0. The molecule has 2 aromatic heterocycles. The normalized spacial score (nSPS) is 10.9. The first-order valence-corrected chi connectivity index (χ1v) is 6.46. The average molecular weight is 260 g/mol. The van der Waals surface area contributed by atoms with Crippen LogP contribution in [0.25, 0.3) is 0 Å². The summed E-state index contributed by atoms with van der Waals surface area (Å²) < 4.78 is 5.57. The van der Waals surface area contributed by atoms with Crippen LogP contribution in [0.2, 0.25) is 0 Å². The molecule has 0 saturated carbocycles. The van der Waals surface area contributed by atoms with Gasteiger partial charge in [-0.2, -0.15) is 0 Å². The number of aryl methyl sites for hydroxylation is 1. The number of H-pyrrole nitrogens is 1. The molecule has 19 heavy (non-hydrogen) atoms. The number of pyridine rings is 1. The Kier molecular flexibility index (Phi) is 4.52. The van der Waals surface area contributed by atoms with Gasteiger partial charge in [-0.1, -0.05) is 19.9 Å². The minimum absolute atomic E-state index is 0.430. The molecular weight excluding hydrogens is 240 g/mol. The highest BCUT2D eigenvalue weighted by Gasteiger charge is 2.02. The fourth-order valence-corrected chi connectivity index (χ4v) is 1.63. The van der Waals surface area contributed by atoms with Gasteiger partial charge in [0.15, 0.2) is 0 Å². The summed E-state index contributed by atoms with van der Waals surface area (Å²) in [5.74, 6) is 0.602. The zero-order valence-corrected chi connectivity index (χ0v) is 11.6. The molecule has 0 unspecified atom stereocenters. The van der Waals surface area contributed by atoms with Gasteiger partial charge in [0.1, 0.15) is 6.61 Å². The molecule has 2 aromatic rings. The molecule has 0 aliphatic carbocycles. The summed E-state index contributed by atoms with van der Waals surface area (Å²) in [6, 6.07) is 8.28. The zero-order valence-electron chi connectivity index (χ0n) is 11.6. The Morgan fingerprint density at radius 2 is 2.11 bits per heavy atom. The van der Waals surface area contributed by atoms with Crippen molar-refractivity contribution in [2.45, 2.75) is 40.0 Å². The van der Waals surface area contributed by atoms with Gasteiger partial charge < -0.3 is 10.1 Å². The zero-order chi connectivity index (χ0) is 13.7. The third-order valence-corrected chi connectivity index (χ3v) is 2.61. The van der Waals surface area contributed by atoms with Crippen molar-refractivity contribution in [3.05, 3.63) is 41.3 Å². The third kappa shape index (κ3) is 4.37. The van der Waals surface area contributed by atoms with Crippen molar-refractivity contribution in [2.24, 2.45) is 0 Å². The molecule has 0 aromatic carbocycles. The van der Waals surface area contributed by atoms with Gasteiger partial charge >= 0.3 is 0 Å². The van der Waals surface area contributed by atoms with Crippen molar-refractivity contribution in [1.82, 2.24) is 20.5 Å². The van der Waals surface area contributed by atoms with Crippen LogP contribution in [0.1, 0.15) is 30.9 Å². The summed E-state index contributed by atoms with van der Waals surface area (Å²) in [5.41, 5.74) is 2.91. The summed E-state index contributed by atoms with van der Waals surface area (Å²) in [6.45, 7) is 7.38. The first-order chi connectivity index (χ1) is 9.13. The second kappa shape index (κ2) is 6.33. The van der Waals surface area contributed by atoms with Crippen molar-refractivity contribution in [3.8, 4) is 5.88 Å². The van der Waals surface area contributed by atoms with Crippen molar-refractivity contribution >= 4 is 0 Å². The van der Waals surface area contributed by atoms with Crippen LogP contribution in [0.5, 0.6) is 5.88 Å². The molecule has 5 heteroatoms. The Hall–Kier alpha value is -1.88. The van der Waals surface area contributed by atoms with E-state index in [1.807, 2.05) is 31.2 Å². The number of aromatic nitrogens is 3. The van der Waals surface area contributed by atoms with Crippen LogP contribution in [0.3, 0.4) is 0 Å². The average Bonchev–Trinajstić information content (AvgIpc) is 2.80. The smallest absolute Gasteiger partial charge is 0.233 e. The quantitative estimate of drug-likeness (QED) is 0.835. The summed E-state index contributed by atoms with van der Waals surface area (Å²) in [6.07, 6.45) is 0. The highest BCUT2D eigenvalue weighted by molar-refractivity contribution is 5.14. The molecule has 0 amide bonds. The first-order valence-electron chi connectivity index (χ1n) is 6.46. The Morgan fingerprint density at radius 1 is 1.32 bits per heavy atom. The molecule has 0 radical (unpaired) electrons. The van der Waals surface area contributed by atoms with Crippen LogP contribution in [0, 0.1) is 6.92 Å². The predicted molar refractivity (Wildman–Crippen MR) is 73.9 cm³/mol. The van der Waals surface area contributed by atoms with E-state index in [-0.39, 0.29) is 0 Å². The van der Waals surface area contributed by atoms with Crippen LogP contribution in [-0.4, -0.2) is 21.2 Å². The fraction of sp³-hybridized carbons (Fsp3) is 0.429. The highest BCUT2D eigenvalue weighted by Crippen LogP contribution is 2.09. The van der Waals surface area contributed by atoms with Crippen molar-refractivity contribution in [3.63, 3.8) is 0 Å². The number of rotatable bonds is 6. The van der Waals surface area contributed by atoms with Crippen LogP contribution in [0.4, 0.5) is 0 Å². The second-order valence-electron chi connectivity index (χ2n) is 4.83. The van der Waals surface area contributed by atoms with Crippen LogP contribution in [-0.2, 0) is 13.2 Å². The molecular formula is C14H20N4O. The monoisotopic (exact) mass is 260 g/mol. The number of aromatic amines is 1. The lowest BCUT2D eigenvalue weighted by molar-refractivity contribution is 0.288. The molecule has 2 N–H and O–H groups in total. The molecule has 5 nitrogen and oxygen atoms in total. The molecule has 102 valence electrons. The van der Waals surface area contributed by atoms with Gasteiger partial charge in [0.2, 0.25) is 5.88 Å². The second-order valence-corrected chi connectivity index (χ2v) is 4.83. The summed E-state index contributed by atoms with van der Waals surface area (Å²) in [4.78, 5) is 4.54. The van der Waals surface area contributed by atoms with Crippen molar-refractivity contribution < 1.29 is 4.74 Å². The van der Waals surface area contributed by atoms with E-state index < -0.39 is 0 Å². The third-order valence-electron chi connectivity index (χ3n) is 2.61. The first kappa shape index (κ1) is 13.5. The van der Waals surface area contributed by atoms with Gasteiger partial charge in [0, 0.05) is 24.3 Å². The Balaban J connectivity index is 1.91. The van der Waals surface area contributed by atoms with Gasteiger partial charge in [-0.25, -0.2) is 0 Å². The maximum absolute atomic E-state index is 5.57. The summed E-state index contributed by atoms with van der Waals surface area (Å²) >= 11 is 0. The molecule has 0 atom stereocenters.